The van der Waals surface area contributed by atoms with Crippen molar-refractivity contribution in [2.24, 2.45) is 0 Å². The molecule has 3 amide bonds. The fourth-order valence-corrected chi connectivity index (χ4v) is 3.68. The Bertz CT molecular complexity index is 977. The molecule has 7 heteroatoms. The topological polar surface area (TPSA) is 88.9 Å². The number of nitrogens with zero attached hydrogens (tertiary/aromatic N) is 1. The Morgan fingerprint density at radius 1 is 1.14 bits per heavy atom. The van der Waals surface area contributed by atoms with Crippen molar-refractivity contribution in [3.8, 4) is 5.75 Å². The van der Waals surface area contributed by atoms with Crippen LogP contribution in [0, 0.1) is 0 Å². The third kappa shape index (κ3) is 4.60. The number of ether oxygens (including phenoxy) is 1. The highest BCUT2D eigenvalue weighted by molar-refractivity contribution is 5.95. The van der Waals surface area contributed by atoms with Gasteiger partial charge in [0.2, 0.25) is 0 Å². The molecule has 0 radical (unpaired) electrons. The van der Waals surface area contributed by atoms with Gasteiger partial charge in [0.05, 0.1) is 0 Å². The smallest absolute Gasteiger partial charge is 0.339 e. The molecule has 0 aliphatic heterocycles. The number of urea groups is 1. The zero-order valence-corrected chi connectivity index (χ0v) is 17.4. The van der Waals surface area contributed by atoms with Crippen molar-refractivity contribution in [3.63, 3.8) is 0 Å². The van der Waals surface area contributed by atoms with Crippen LogP contribution in [0.3, 0.4) is 0 Å². The van der Waals surface area contributed by atoms with Crippen molar-refractivity contribution in [3.05, 3.63) is 39.7 Å². The maximum absolute atomic E-state index is 12.6. The van der Waals surface area contributed by atoms with E-state index in [1.807, 2.05) is 19.9 Å². The highest BCUT2D eigenvalue weighted by atomic mass is 16.5. The largest absolute Gasteiger partial charge is 0.484 e. The summed E-state index contributed by atoms with van der Waals surface area (Å²) < 4.78 is 11.1. The van der Waals surface area contributed by atoms with Gasteiger partial charge in [-0.2, -0.15) is 0 Å². The summed E-state index contributed by atoms with van der Waals surface area (Å²) in [5.74, 6) is -0.0251. The highest BCUT2D eigenvalue weighted by Gasteiger charge is 2.25. The van der Waals surface area contributed by atoms with Crippen molar-refractivity contribution < 1.29 is 18.7 Å². The normalized spacial score (nSPS) is 13.4. The minimum absolute atomic E-state index is 0.0771. The van der Waals surface area contributed by atoms with Gasteiger partial charge in [-0.1, -0.05) is 0 Å². The van der Waals surface area contributed by atoms with Crippen molar-refractivity contribution in [2.45, 2.75) is 65.5 Å². The van der Waals surface area contributed by atoms with Crippen molar-refractivity contribution >= 4 is 22.9 Å². The minimum atomic E-state index is -0.445. The maximum Gasteiger partial charge on any atom is 0.339 e. The predicted octanol–water partition coefficient (Wildman–Crippen LogP) is 3.41. The van der Waals surface area contributed by atoms with Gasteiger partial charge in [-0.25, -0.2) is 9.59 Å². The molecule has 1 N–H and O–H groups in total. The molecule has 2 aromatic rings. The molecule has 1 aromatic carbocycles. The van der Waals surface area contributed by atoms with Crippen LogP contribution in [0.25, 0.3) is 11.0 Å². The molecule has 1 heterocycles. The van der Waals surface area contributed by atoms with Gasteiger partial charge in [0.25, 0.3) is 5.91 Å². The number of rotatable bonds is 5. The van der Waals surface area contributed by atoms with E-state index in [4.69, 9.17) is 9.15 Å². The van der Waals surface area contributed by atoms with Crippen LogP contribution < -0.4 is 15.7 Å². The number of benzene rings is 1. The second-order valence-electron chi connectivity index (χ2n) is 7.96. The fraction of sp³-hybridized carbons (Fsp3) is 0.500. The van der Waals surface area contributed by atoms with Gasteiger partial charge >= 0.3 is 11.7 Å². The Balaban J connectivity index is 1.77. The van der Waals surface area contributed by atoms with Crippen LogP contribution in [0.15, 0.2) is 27.4 Å². The van der Waals surface area contributed by atoms with Gasteiger partial charge in [-0.3, -0.25) is 9.69 Å². The number of hydrogen-bond acceptors (Lipinski definition) is 5. The molecular formula is C22H28N2O5. The molecule has 3 rings (SSSR count). The lowest BCUT2D eigenvalue weighted by Crippen LogP contribution is -2.50. The third-order valence-corrected chi connectivity index (χ3v) is 4.97. The Kier molecular flexibility index (Phi) is 6.25. The molecule has 1 aromatic heterocycles. The average Bonchev–Trinajstić information content (AvgIpc) is 2.65. The van der Waals surface area contributed by atoms with Crippen molar-refractivity contribution in [2.75, 3.05) is 6.61 Å². The van der Waals surface area contributed by atoms with Crippen molar-refractivity contribution in [1.29, 1.82) is 0 Å². The second kappa shape index (κ2) is 8.68. The average molecular weight is 400 g/mol. The zero-order chi connectivity index (χ0) is 21.1. The Hall–Kier alpha value is -2.83. The summed E-state index contributed by atoms with van der Waals surface area (Å²) in [5, 5.41) is 3.64. The summed E-state index contributed by atoms with van der Waals surface area (Å²) in [6, 6.07) is 4.44. The monoisotopic (exact) mass is 400 g/mol. The van der Waals surface area contributed by atoms with Gasteiger partial charge in [0, 0.05) is 29.1 Å². The summed E-state index contributed by atoms with van der Waals surface area (Å²) in [5.41, 5.74) is 1.99. The van der Waals surface area contributed by atoms with Gasteiger partial charge in [0.15, 0.2) is 6.61 Å². The van der Waals surface area contributed by atoms with Gasteiger partial charge in [-0.15, -0.1) is 0 Å². The molecule has 0 saturated heterocycles. The third-order valence-electron chi connectivity index (χ3n) is 4.97. The number of carbonyl (C=O) groups excluding carboxylic acids is 2. The SMILES string of the molecule is CC(C)NC(=O)N(C(=O)COc1ccc2c3c(c(=O)oc2c1)CCCC3)C(C)C. The number of fused-ring (bicyclic) bond motifs is 3. The first-order chi connectivity index (χ1) is 13.8. The molecule has 0 atom stereocenters. The number of aryl methyl sites for hydroxylation is 1. The van der Waals surface area contributed by atoms with E-state index in [0.29, 0.717) is 11.3 Å². The summed E-state index contributed by atoms with van der Waals surface area (Å²) in [4.78, 5) is 38.3. The zero-order valence-electron chi connectivity index (χ0n) is 17.4. The molecule has 0 fully saturated rings. The lowest BCUT2D eigenvalue weighted by molar-refractivity contribution is -0.131. The molecule has 156 valence electrons. The molecule has 29 heavy (non-hydrogen) atoms. The predicted molar refractivity (Wildman–Crippen MR) is 110 cm³/mol. The molecule has 0 saturated carbocycles. The van der Waals surface area contributed by atoms with Crippen LogP contribution in [0.1, 0.15) is 51.7 Å². The van der Waals surface area contributed by atoms with Gasteiger partial charge in [0.1, 0.15) is 11.3 Å². The second-order valence-corrected chi connectivity index (χ2v) is 7.96. The highest BCUT2D eigenvalue weighted by Crippen LogP contribution is 2.29. The summed E-state index contributed by atoms with van der Waals surface area (Å²) >= 11 is 0. The van der Waals surface area contributed by atoms with E-state index in [1.165, 1.54) is 0 Å². The van der Waals surface area contributed by atoms with E-state index in [2.05, 4.69) is 5.32 Å². The number of carbonyl (C=O) groups is 2. The van der Waals surface area contributed by atoms with E-state index < -0.39 is 11.9 Å². The van der Waals surface area contributed by atoms with Crippen LogP contribution in [0.4, 0.5) is 4.79 Å². The van der Waals surface area contributed by atoms with Crippen LogP contribution in [0.2, 0.25) is 0 Å². The number of imide groups is 1. The Morgan fingerprint density at radius 3 is 2.48 bits per heavy atom. The minimum Gasteiger partial charge on any atom is -0.484 e. The first-order valence-corrected chi connectivity index (χ1v) is 10.1. The summed E-state index contributed by atoms with van der Waals surface area (Å²) in [6.07, 6.45) is 3.68. The molecule has 0 unspecified atom stereocenters. The van der Waals surface area contributed by atoms with Crippen molar-refractivity contribution in [1.82, 2.24) is 10.2 Å². The van der Waals surface area contributed by atoms with Crippen LogP contribution in [-0.4, -0.2) is 35.5 Å². The van der Waals surface area contributed by atoms with E-state index in [1.54, 1.807) is 26.0 Å². The molecule has 7 nitrogen and oxygen atoms in total. The standard InChI is InChI=1S/C22H28N2O5/c1-13(2)23-22(27)24(14(3)4)20(25)12-28-15-9-10-17-16-7-5-6-8-18(16)21(26)29-19(17)11-15/h9-11,13-14H,5-8,12H2,1-4H3,(H,23,27). The quantitative estimate of drug-likeness (QED) is 0.777. The summed E-state index contributed by atoms with van der Waals surface area (Å²) in [7, 11) is 0. The number of nitrogens with one attached hydrogen (secondary N) is 1. The molecule has 0 spiro atoms. The summed E-state index contributed by atoms with van der Waals surface area (Å²) in [6.45, 7) is 6.92. The van der Waals surface area contributed by atoms with Gasteiger partial charge < -0.3 is 14.5 Å². The first kappa shape index (κ1) is 20.9. The Labute approximate surface area is 170 Å². The Morgan fingerprint density at radius 2 is 1.83 bits per heavy atom. The van der Waals surface area contributed by atoms with Gasteiger partial charge in [-0.05, 0) is 71.1 Å². The molecule has 0 bridgehead atoms. The van der Waals surface area contributed by atoms with E-state index in [-0.39, 0.29) is 24.3 Å². The lowest BCUT2D eigenvalue weighted by atomic mass is 9.91. The van der Waals surface area contributed by atoms with Crippen LogP contribution in [0.5, 0.6) is 5.75 Å². The maximum atomic E-state index is 12.6. The van der Waals surface area contributed by atoms with Crippen LogP contribution >= 0.6 is 0 Å². The molecule has 1 aliphatic rings. The van der Waals surface area contributed by atoms with E-state index in [9.17, 15) is 14.4 Å². The number of amides is 3. The molecule has 1 aliphatic carbocycles. The lowest BCUT2D eigenvalue weighted by Gasteiger charge is -2.26. The molecular weight excluding hydrogens is 372 g/mol. The van der Waals surface area contributed by atoms with E-state index >= 15 is 0 Å². The first-order valence-electron chi connectivity index (χ1n) is 10.1. The fourth-order valence-electron chi connectivity index (χ4n) is 3.68. The van der Waals surface area contributed by atoms with Crippen LogP contribution in [-0.2, 0) is 17.6 Å². The number of hydrogen-bond donors (Lipinski definition) is 1. The van der Waals surface area contributed by atoms with E-state index in [0.717, 1.165) is 47.1 Å².